The van der Waals surface area contributed by atoms with Gasteiger partial charge < -0.3 is 5.73 Å². The first-order valence-corrected chi connectivity index (χ1v) is 8.30. The number of thiophene rings is 1. The van der Waals surface area contributed by atoms with E-state index in [1.165, 1.54) is 35.6 Å². The Morgan fingerprint density at radius 2 is 2.05 bits per heavy atom. The molecule has 7 heteroatoms. The van der Waals surface area contributed by atoms with Gasteiger partial charge >= 0.3 is 0 Å². The second-order valence-electron chi connectivity index (χ2n) is 4.32. The average molecular weight is 314 g/mol. The predicted octanol–water partition coefficient (Wildman–Crippen LogP) is 2.50. The van der Waals surface area contributed by atoms with Crippen molar-refractivity contribution < 1.29 is 12.8 Å². The molecule has 0 aliphatic rings. The van der Waals surface area contributed by atoms with Gasteiger partial charge in [-0.05, 0) is 49.7 Å². The minimum Gasteiger partial charge on any atom is -0.330 e. The van der Waals surface area contributed by atoms with Gasteiger partial charge in [-0.2, -0.15) is 0 Å². The molecule has 0 spiro atoms. The number of benzene rings is 1. The van der Waals surface area contributed by atoms with E-state index in [0.29, 0.717) is 18.5 Å². The van der Waals surface area contributed by atoms with Gasteiger partial charge in [-0.25, -0.2) is 12.8 Å². The van der Waals surface area contributed by atoms with Gasteiger partial charge in [0, 0.05) is 4.88 Å². The number of hydrogen-bond acceptors (Lipinski definition) is 4. The molecule has 0 fully saturated rings. The summed E-state index contributed by atoms with van der Waals surface area (Å²) in [5.41, 5.74) is 6.35. The lowest BCUT2D eigenvalue weighted by molar-refractivity contribution is 0.603. The highest BCUT2D eigenvalue weighted by molar-refractivity contribution is 7.94. The van der Waals surface area contributed by atoms with Crippen molar-refractivity contribution in [3.05, 3.63) is 46.6 Å². The molecule has 20 heavy (non-hydrogen) atoms. The molecule has 4 nitrogen and oxygen atoms in total. The first-order chi connectivity index (χ1) is 9.42. The van der Waals surface area contributed by atoms with Crippen molar-refractivity contribution in [2.24, 2.45) is 5.73 Å². The molecule has 1 aromatic carbocycles. The quantitative estimate of drug-likeness (QED) is 0.890. The highest BCUT2D eigenvalue weighted by Gasteiger charge is 2.18. The van der Waals surface area contributed by atoms with Crippen LogP contribution in [0.25, 0.3) is 0 Å². The molecule has 0 bridgehead atoms. The number of rotatable bonds is 5. The molecule has 108 valence electrons. The molecule has 1 aromatic heterocycles. The van der Waals surface area contributed by atoms with Crippen molar-refractivity contribution in [2.75, 3.05) is 11.3 Å². The van der Waals surface area contributed by atoms with Crippen LogP contribution in [0, 0.1) is 12.7 Å². The molecule has 0 saturated carbocycles. The Balaban J connectivity index is 2.28. The zero-order chi connectivity index (χ0) is 14.8. The van der Waals surface area contributed by atoms with Crippen LogP contribution in [0.2, 0.25) is 0 Å². The zero-order valence-electron chi connectivity index (χ0n) is 10.9. The monoisotopic (exact) mass is 314 g/mol. The summed E-state index contributed by atoms with van der Waals surface area (Å²) in [6.07, 6.45) is 0.638. The Kier molecular flexibility index (Phi) is 4.42. The predicted molar refractivity (Wildman–Crippen MR) is 79.0 cm³/mol. The van der Waals surface area contributed by atoms with Gasteiger partial charge in [-0.3, -0.25) is 4.72 Å². The van der Waals surface area contributed by atoms with Crippen LogP contribution in [0.5, 0.6) is 0 Å². The van der Waals surface area contributed by atoms with E-state index in [4.69, 9.17) is 5.73 Å². The van der Waals surface area contributed by atoms with Crippen LogP contribution >= 0.6 is 11.3 Å². The van der Waals surface area contributed by atoms with E-state index < -0.39 is 15.8 Å². The van der Waals surface area contributed by atoms with Gasteiger partial charge in [0.05, 0.1) is 5.69 Å². The number of nitrogens with one attached hydrogen (secondary N) is 1. The fourth-order valence-electron chi connectivity index (χ4n) is 1.68. The molecule has 0 atom stereocenters. The van der Waals surface area contributed by atoms with E-state index in [1.807, 2.05) is 0 Å². The molecule has 1 heterocycles. The van der Waals surface area contributed by atoms with E-state index in [-0.39, 0.29) is 9.90 Å². The number of hydrogen-bond donors (Lipinski definition) is 2. The van der Waals surface area contributed by atoms with Crippen LogP contribution < -0.4 is 10.5 Å². The standard InChI is InChI=1S/C13H15FN2O2S2/c1-9-2-3-10(14)8-12(9)16-20(17,18)13-5-4-11(19-13)6-7-15/h2-5,8,16H,6-7,15H2,1H3. The number of anilines is 1. The lowest BCUT2D eigenvalue weighted by atomic mass is 10.2. The van der Waals surface area contributed by atoms with Crippen LogP contribution in [0.1, 0.15) is 10.4 Å². The minimum absolute atomic E-state index is 0.199. The summed E-state index contributed by atoms with van der Waals surface area (Å²) in [6, 6.07) is 7.26. The number of halogens is 1. The lowest BCUT2D eigenvalue weighted by Gasteiger charge is -2.09. The van der Waals surface area contributed by atoms with Crippen molar-refractivity contribution in [1.29, 1.82) is 0 Å². The smallest absolute Gasteiger partial charge is 0.271 e. The topological polar surface area (TPSA) is 72.2 Å². The molecular weight excluding hydrogens is 299 g/mol. The largest absolute Gasteiger partial charge is 0.330 e. The van der Waals surface area contributed by atoms with Crippen molar-refractivity contribution in [2.45, 2.75) is 17.6 Å². The lowest BCUT2D eigenvalue weighted by Crippen LogP contribution is -2.12. The number of nitrogens with two attached hydrogens (primary N) is 1. The van der Waals surface area contributed by atoms with Crippen LogP contribution in [-0.4, -0.2) is 15.0 Å². The van der Waals surface area contributed by atoms with E-state index in [9.17, 15) is 12.8 Å². The summed E-state index contributed by atoms with van der Waals surface area (Å²) < 4.78 is 40.2. The molecule has 3 N–H and O–H groups in total. The van der Waals surface area contributed by atoms with Gasteiger partial charge in [0.25, 0.3) is 10.0 Å². The molecule has 2 aromatic rings. The summed E-state index contributed by atoms with van der Waals surface area (Å²) in [5.74, 6) is -0.483. The number of aryl methyl sites for hydroxylation is 1. The maximum Gasteiger partial charge on any atom is 0.271 e. The first-order valence-electron chi connectivity index (χ1n) is 6.00. The first kappa shape index (κ1) is 15.0. The molecule has 0 aliphatic heterocycles. The summed E-state index contributed by atoms with van der Waals surface area (Å²) in [7, 11) is -3.69. The third-order valence-corrected chi connectivity index (χ3v) is 5.74. The molecule has 0 amide bonds. The summed E-state index contributed by atoms with van der Waals surface area (Å²) in [6.45, 7) is 2.18. The molecular formula is C13H15FN2O2S2. The second kappa shape index (κ2) is 5.90. The SMILES string of the molecule is Cc1ccc(F)cc1NS(=O)(=O)c1ccc(CCN)s1. The Morgan fingerprint density at radius 3 is 2.75 bits per heavy atom. The molecule has 2 rings (SSSR count). The molecule has 0 radical (unpaired) electrons. The third-order valence-electron chi connectivity index (χ3n) is 2.74. The van der Waals surface area contributed by atoms with Crippen LogP contribution in [0.15, 0.2) is 34.5 Å². The Hall–Kier alpha value is -1.44. The van der Waals surface area contributed by atoms with Gasteiger partial charge in [0.15, 0.2) is 0 Å². The fourth-order valence-corrected chi connectivity index (χ4v) is 4.17. The Bertz CT molecular complexity index is 711. The van der Waals surface area contributed by atoms with Crippen LogP contribution in [0.4, 0.5) is 10.1 Å². The second-order valence-corrected chi connectivity index (χ2v) is 7.40. The summed E-state index contributed by atoms with van der Waals surface area (Å²) >= 11 is 1.17. The van der Waals surface area contributed by atoms with Crippen LogP contribution in [-0.2, 0) is 16.4 Å². The van der Waals surface area contributed by atoms with Gasteiger partial charge in [0.1, 0.15) is 10.0 Å². The number of sulfonamides is 1. The van der Waals surface area contributed by atoms with E-state index in [0.717, 1.165) is 4.88 Å². The summed E-state index contributed by atoms with van der Waals surface area (Å²) in [4.78, 5) is 0.906. The van der Waals surface area contributed by atoms with E-state index in [2.05, 4.69) is 4.72 Å². The normalized spacial score (nSPS) is 11.6. The van der Waals surface area contributed by atoms with Gasteiger partial charge in [-0.1, -0.05) is 6.07 Å². The molecule has 0 aliphatic carbocycles. The van der Waals surface area contributed by atoms with Crippen molar-refractivity contribution >= 4 is 27.0 Å². The average Bonchev–Trinajstić information content (AvgIpc) is 2.83. The zero-order valence-corrected chi connectivity index (χ0v) is 12.5. The van der Waals surface area contributed by atoms with E-state index in [1.54, 1.807) is 13.0 Å². The van der Waals surface area contributed by atoms with E-state index >= 15 is 0 Å². The Labute approximate surface area is 121 Å². The maximum atomic E-state index is 13.2. The van der Waals surface area contributed by atoms with Gasteiger partial charge in [0.2, 0.25) is 0 Å². The van der Waals surface area contributed by atoms with Crippen molar-refractivity contribution in [1.82, 2.24) is 0 Å². The highest BCUT2D eigenvalue weighted by atomic mass is 32.2. The van der Waals surface area contributed by atoms with Gasteiger partial charge in [-0.15, -0.1) is 11.3 Å². The third kappa shape index (κ3) is 3.36. The summed E-state index contributed by atoms with van der Waals surface area (Å²) in [5, 5.41) is 0. The Morgan fingerprint density at radius 1 is 1.30 bits per heavy atom. The molecule has 0 saturated heterocycles. The maximum absolute atomic E-state index is 13.2. The van der Waals surface area contributed by atoms with Crippen LogP contribution in [0.3, 0.4) is 0 Å². The minimum atomic E-state index is -3.69. The van der Waals surface area contributed by atoms with Crippen molar-refractivity contribution in [3.8, 4) is 0 Å². The fraction of sp³-hybridized carbons (Fsp3) is 0.231. The highest BCUT2D eigenvalue weighted by Crippen LogP contribution is 2.26. The van der Waals surface area contributed by atoms with Crippen molar-refractivity contribution in [3.63, 3.8) is 0 Å². The molecule has 0 unspecified atom stereocenters.